The van der Waals surface area contributed by atoms with Crippen LogP contribution in [0.25, 0.3) is 0 Å². The Morgan fingerprint density at radius 1 is 1.30 bits per heavy atom. The lowest BCUT2D eigenvalue weighted by molar-refractivity contribution is -0.133. The summed E-state index contributed by atoms with van der Waals surface area (Å²) in [5.74, 6) is 0.258. The number of fused-ring (bicyclic) bond motifs is 1. The molecule has 3 rings (SSSR count). The Morgan fingerprint density at radius 3 is 2.85 bits per heavy atom. The lowest BCUT2D eigenvalue weighted by atomic mass is 9.82. The Hall–Kier alpha value is -1.82. The quantitative estimate of drug-likeness (QED) is 0.842. The highest BCUT2D eigenvalue weighted by atomic mass is 16.2. The van der Waals surface area contributed by atoms with Crippen LogP contribution in [-0.4, -0.2) is 23.4 Å². The summed E-state index contributed by atoms with van der Waals surface area (Å²) >= 11 is 0. The molecule has 20 heavy (non-hydrogen) atoms. The average Bonchev–Trinajstić information content (AvgIpc) is 3.31. The zero-order valence-electron chi connectivity index (χ0n) is 11.7. The first-order valence-corrected chi connectivity index (χ1v) is 7.56. The molecule has 2 aliphatic rings. The van der Waals surface area contributed by atoms with Crippen molar-refractivity contribution in [3.8, 4) is 6.07 Å². The summed E-state index contributed by atoms with van der Waals surface area (Å²) in [6.45, 7) is 0.596. The van der Waals surface area contributed by atoms with E-state index in [1.807, 2.05) is 11.0 Å². The van der Waals surface area contributed by atoms with Crippen LogP contribution in [0.2, 0.25) is 0 Å². The molecule has 1 fully saturated rings. The predicted octanol–water partition coefficient (Wildman–Crippen LogP) is 3.01. The van der Waals surface area contributed by atoms with Gasteiger partial charge < -0.3 is 4.90 Å². The molecule has 0 spiro atoms. The number of carbonyl (C=O) groups excluding carboxylic acids is 1. The summed E-state index contributed by atoms with van der Waals surface area (Å²) in [7, 11) is 0. The number of hydrogen-bond donors (Lipinski definition) is 0. The third-order valence-electron chi connectivity index (χ3n) is 4.40. The van der Waals surface area contributed by atoms with E-state index in [9.17, 15) is 4.79 Å². The molecule has 1 atom stereocenters. The molecule has 1 saturated carbocycles. The Balaban J connectivity index is 1.81. The maximum absolute atomic E-state index is 12.9. The van der Waals surface area contributed by atoms with E-state index in [1.54, 1.807) is 0 Å². The number of hydrogen-bond acceptors (Lipinski definition) is 2. The van der Waals surface area contributed by atoms with Gasteiger partial charge in [0.05, 0.1) is 18.4 Å². The van der Waals surface area contributed by atoms with E-state index in [2.05, 4.69) is 24.3 Å². The highest BCUT2D eigenvalue weighted by Gasteiger charge is 2.37. The summed E-state index contributed by atoms with van der Waals surface area (Å²) in [6.07, 6.45) is 5.77. The Bertz CT molecular complexity index is 542. The monoisotopic (exact) mass is 268 g/mol. The van der Waals surface area contributed by atoms with Crippen LogP contribution in [0.4, 0.5) is 0 Å². The molecule has 0 N–H and O–H groups in total. The minimum Gasteiger partial charge on any atom is -0.338 e. The number of rotatable bonds is 4. The second kappa shape index (κ2) is 5.66. The van der Waals surface area contributed by atoms with E-state index < -0.39 is 0 Å². The fourth-order valence-corrected chi connectivity index (χ4v) is 3.24. The van der Waals surface area contributed by atoms with Crippen LogP contribution < -0.4 is 0 Å². The minimum absolute atomic E-state index is 0.0132. The molecule has 1 unspecified atom stereocenters. The Morgan fingerprint density at radius 2 is 2.10 bits per heavy atom. The van der Waals surface area contributed by atoms with E-state index in [0.29, 0.717) is 19.0 Å². The maximum Gasteiger partial charge on any atom is 0.230 e. The van der Waals surface area contributed by atoms with Crippen molar-refractivity contribution in [2.75, 3.05) is 6.54 Å². The summed E-state index contributed by atoms with van der Waals surface area (Å²) in [5, 5.41) is 8.78. The van der Waals surface area contributed by atoms with Crippen molar-refractivity contribution in [3.05, 3.63) is 35.4 Å². The van der Waals surface area contributed by atoms with Crippen LogP contribution in [0.1, 0.15) is 49.1 Å². The lowest BCUT2D eigenvalue weighted by Crippen LogP contribution is -2.38. The second-order valence-electron chi connectivity index (χ2n) is 5.81. The van der Waals surface area contributed by atoms with Crippen molar-refractivity contribution < 1.29 is 4.79 Å². The van der Waals surface area contributed by atoms with Crippen LogP contribution in [0.5, 0.6) is 0 Å². The van der Waals surface area contributed by atoms with Crippen LogP contribution in [0.3, 0.4) is 0 Å². The third-order valence-corrected chi connectivity index (χ3v) is 4.40. The number of nitrogens with zero attached hydrogens (tertiary/aromatic N) is 2. The van der Waals surface area contributed by atoms with Gasteiger partial charge in [-0.3, -0.25) is 4.79 Å². The molecule has 0 heterocycles. The highest BCUT2D eigenvalue weighted by molar-refractivity contribution is 5.85. The van der Waals surface area contributed by atoms with Gasteiger partial charge in [-0.1, -0.05) is 24.3 Å². The van der Waals surface area contributed by atoms with Crippen molar-refractivity contribution >= 4 is 5.91 Å². The standard InChI is InChI=1S/C17H20N2O/c18-11-4-12-19(14-9-10-14)17(20)16-8-3-6-13-5-1-2-7-15(13)16/h1-2,5,7,14,16H,3-4,6,8-10,12H2. The highest BCUT2D eigenvalue weighted by Crippen LogP contribution is 2.36. The Kier molecular flexibility index (Phi) is 3.73. The largest absolute Gasteiger partial charge is 0.338 e. The van der Waals surface area contributed by atoms with Crippen LogP contribution >= 0.6 is 0 Å². The molecular weight excluding hydrogens is 248 g/mol. The first-order valence-electron chi connectivity index (χ1n) is 7.56. The lowest BCUT2D eigenvalue weighted by Gasteiger charge is -2.30. The fraction of sp³-hybridized carbons (Fsp3) is 0.529. The maximum atomic E-state index is 12.9. The topological polar surface area (TPSA) is 44.1 Å². The summed E-state index contributed by atoms with van der Waals surface area (Å²) in [4.78, 5) is 14.8. The molecule has 2 aliphatic carbocycles. The van der Waals surface area contributed by atoms with Gasteiger partial charge in [0.25, 0.3) is 0 Å². The normalized spacial score (nSPS) is 20.9. The van der Waals surface area contributed by atoms with Gasteiger partial charge in [0, 0.05) is 12.6 Å². The van der Waals surface area contributed by atoms with E-state index in [4.69, 9.17) is 5.26 Å². The van der Waals surface area contributed by atoms with Gasteiger partial charge in [-0.2, -0.15) is 5.26 Å². The third kappa shape index (κ3) is 2.56. The van der Waals surface area contributed by atoms with Crippen LogP contribution in [-0.2, 0) is 11.2 Å². The smallest absolute Gasteiger partial charge is 0.230 e. The van der Waals surface area contributed by atoms with Crippen molar-refractivity contribution in [3.63, 3.8) is 0 Å². The fourth-order valence-electron chi connectivity index (χ4n) is 3.24. The molecule has 1 aromatic rings. The van der Waals surface area contributed by atoms with Crippen molar-refractivity contribution in [1.29, 1.82) is 5.26 Å². The number of nitriles is 1. The minimum atomic E-state index is 0.0132. The van der Waals surface area contributed by atoms with Crippen LogP contribution in [0.15, 0.2) is 24.3 Å². The molecule has 0 aromatic heterocycles. The molecule has 3 nitrogen and oxygen atoms in total. The van der Waals surface area contributed by atoms with Gasteiger partial charge in [-0.15, -0.1) is 0 Å². The van der Waals surface area contributed by atoms with Crippen molar-refractivity contribution in [2.45, 2.75) is 50.5 Å². The van der Waals surface area contributed by atoms with E-state index in [-0.39, 0.29) is 11.8 Å². The molecule has 0 bridgehead atoms. The van der Waals surface area contributed by atoms with Crippen molar-refractivity contribution in [1.82, 2.24) is 4.90 Å². The van der Waals surface area contributed by atoms with E-state index in [1.165, 1.54) is 11.1 Å². The van der Waals surface area contributed by atoms with Gasteiger partial charge in [-0.25, -0.2) is 0 Å². The zero-order chi connectivity index (χ0) is 13.9. The molecule has 0 saturated heterocycles. The zero-order valence-corrected chi connectivity index (χ0v) is 11.7. The molecule has 0 aliphatic heterocycles. The number of aryl methyl sites for hydroxylation is 1. The summed E-state index contributed by atoms with van der Waals surface area (Å²) in [6, 6.07) is 10.9. The van der Waals surface area contributed by atoms with Gasteiger partial charge in [0.1, 0.15) is 0 Å². The summed E-state index contributed by atoms with van der Waals surface area (Å²) < 4.78 is 0. The van der Waals surface area contributed by atoms with Gasteiger partial charge in [0.2, 0.25) is 5.91 Å². The van der Waals surface area contributed by atoms with Crippen molar-refractivity contribution in [2.24, 2.45) is 0 Å². The first kappa shape index (κ1) is 13.2. The number of carbonyl (C=O) groups is 1. The van der Waals surface area contributed by atoms with E-state index >= 15 is 0 Å². The molecule has 3 heteroatoms. The number of amides is 1. The van der Waals surface area contributed by atoms with E-state index in [0.717, 1.165) is 32.1 Å². The second-order valence-corrected chi connectivity index (χ2v) is 5.81. The first-order chi connectivity index (χ1) is 9.81. The molecule has 1 amide bonds. The molecule has 0 radical (unpaired) electrons. The molecule has 1 aromatic carbocycles. The van der Waals surface area contributed by atoms with Gasteiger partial charge >= 0.3 is 0 Å². The summed E-state index contributed by atoms with van der Waals surface area (Å²) in [5.41, 5.74) is 2.54. The molecular formula is C17H20N2O. The SMILES string of the molecule is N#CCCN(C(=O)C1CCCc2ccccc21)C1CC1. The van der Waals surface area contributed by atoms with Gasteiger partial charge in [0.15, 0.2) is 0 Å². The van der Waals surface area contributed by atoms with Crippen LogP contribution in [0, 0.1) is 11.3 Å². The molecule has 104 valence electrons. The number of benzene rings is 1. The Labute approximate surface area is 120 Å². The van der Waals surface area contributed by atoms with Gasteiger partial charge in [-0.05, 0) is 43.2 Å². The predicted molar refractivity (Wildman–Crippen MR) is 77.1 cm³/mol. The average molecular weight is 268 g/mol.